The lowest BCUT2D eigenvalue weighted by molar-refractivity contribution is 0.413. The minimum absolute atomic E-state index is 0.762. The number of methoxy groups -OCH3 is 2. The van der Waals surface area contributed by atoms with Gasteiger partial charge in [-0.3, -0.25) is 0 Å². The van der Waals surface area contributed by atoms with Gasteiger partial charge in [0, 0.05) is 11.1 Å². The quantitative estimate of drug-likeness (QED) is 0.640. The summed E-state index contributed by atoms with van der Waals surface area (Å²) in [5.41, 5.74) is 3.45. The van der Waals surface area contributed by atoms with Crippen LogP contribution < -0.4 is 9.47 Å². The lowest BCUT2D eigenvalue weighted by Gasteiger charge is -2.02. The number of benzene rings is 3. The van der Waals surface area contributed by atoms with Gasteiger partial charge in [-0.25, -0.2) is 0 Å². The number of rotatable bonds is 2. The molecule has 3 rings (SSSR count). The van der Waals surface area contributed by atoms with Gasteiger partial charge in [-0.15, -0.1) is 0 Å². The zero-order valence-corrected chi connectivity index (χ0v) is 14.7. The Morgan fingerprint density at radius 3 is 1.15 bits per heavy atom. The van der Waals surface area contributed by atoms with Crippen LogP contribution in [0.2, 0.25) is 0 Å². The fraction of sp³-hybridized carbons (Fsp3) is 0.0833. The second-order valence-electron chi connectivity index (χ2n) is 5.45. The van der Waals surface area contributed by atoms with Crippen molar-refractivity contribution in [2.75, 3.05) is 14.2 Å². The van der Waals surface area contributed by atoms with Gasteiger partial charge in [-0.05, 0) is 36.4 Å². The highest BCUT2D eigenvalue weighted by atomic mass is 16.5. The average Bonchev–Trinajstić information content (AvgIpc) is 2.71. The molecule has 26 heavy (non-hydrogen) atoms. The molecule has 2 nitrogen and oxygen atoms in total. The Morgan fingerprint density at radius 1 is 0.462 bits per heavy atom. The normalized spacial score (nSPS) is 9.31. The van der Waals surface area contributed by atoms with Crippen LogP contribution in [0.5, 0.6) is 11.5 Å². The van der Waals surface area contributed by atoms with Crippen LogP contribution in [-0.2, 0) is 0 Å². The summed E-state index contributed by atoms with van der Waals surface area (Å²) < 4.78 is 10.7. The Balaban J connectivity index is 1.96. The summed E-state index contributed by atoms with van der Waals surface area (Å²) in [5.74, 6) is 14.3. The van der Waals surface area contributed by atoms with Crippen molar-refractivity contribution in [2.45, 2.75) is 0 Å². The molecule has 0 N–H and O–H groups in total. The highest BCUT2D eigenvalue weighted by molar-refractivity contribution is 5.57. The van der Waals surface area contributed by atoms with Crippen LogP contribution in [0.4, 0.5) is 0 Å². The maximum atomic E-state index is 5.35. The first-order valence-electron chi connectivity index (χ1n) is 8.21. The molecule has 0 heterocycles. The maximum Gasteiger partial charge on any atom is 0.134 e. The second kappa shape index (κ2) is 8.47. The maximum absolute atomic E-state index is 5.35. The van der Waals surface area contributed by atoms with E-state index in [4.69, 9.17) is 9.47 Å². The molecule has 0 amide bonds. The van der Waals surface area contributed by atoms with Crippen LogP contribution in [0, 0.1) is 23.7 Å². The van der Waals surface area contributed by atoms with Gasteiger partial charge >= 0.3 is 0 Å². The van der Waals surface area contributed by atoms with Crippen molar-refractivity contribution in [3.8, 4) is 35.2 Å². The van der Waals surface area contributed by atoms with E-state index >= 15 is 0 Å². The van der Waals surface area contributed by atoms with Crippen LogP contribution in [0.1, 0.15) is 22.3 Å². The van der Waals surface area contributed by atoms with Crippen molar-refractivity contribution in [3.05, 3.63) is 95.1 Å². The first-order valence-corrected chi connectivity index (χ1v) is 8.21. The Morgan fingerprint density at radius 2 is 0.769 bits per heavy atom. The molecular weight excluding hydrogens is 320 g/mol. The van der Waals surface area contributed by atoms with Crippen LogP contribution in [0.15, 0.2) is 72.8 Å². The van der Waals surface area contributed by atoms with Gasteiger partial charge in [0.25, 0.3) is 0 Å². The minimum Gasteiger partial charge on any atom is -0.495 e. The highest BCUT2D eigenvalue weighted by Gasteiger charge is 2.00. The van der Waals surface area contributed by atoms with Crippen molar-refractivity contribution in [2.24, 2.45) is 0 Å². The molecular formula is C24H18O2. The lowest BCUT2D eigenvalue weighted by Crippen LogP contribution is -1.88. The molecule has 0 aliphatic rings. The van der Waals surface area contributed by atoms with Crippen LogP contribution >= 0.6 is 0 Å². The molecule has 126 valence electrons. The van der Waals surface area contributed by atoms with E-state index in [1.54, 1.807) is 14.2 Å². The molecule has 2 heteroatoms. The third-order valence-corrected chi connectivity index (χ3v) is 3.80. The summed E-state index contributed by atoms with van der Waals surface area (Å²) in [7, 11) is 3.29. The summed E-state index contributed by atoms with van der Waals surface area (Å²) in [4.78, 5) is 0. The van der Waals surface area contributed by atoms with E-state index < -0.39 is 0 Å². The molecule has 0 bridgehead atoms. The summed E-state index contributed by atoms with van der Waals surface area (Å²) >= 11 is 0. The van der Waals surface area contributed by atoms with Gasteiger partial charge < -0.3 is 9.47 Å². The van der Waals surface area contributed by atoms with Gasteiger partial charge in [-0.2, -0.15) is 0 Å². The highest BCUT2D eigenvalue weighted by Crippen LogP contribution is 2.17. The summed E-state index contributed by atoms with van der Waals surface area (Å²) in [5, 5.41) is 0. The smallest absolute Gasteiger partial charge is 0.134 e. The molecule has 0 radical (unpaired) electrons. The van der Waals surface area contributed by atoms with E-state index in [0.717, 1.165) is 33.8 Å². The molecule has 3 aromatic rings. The Hall–Kier alpha value is -3.62. The fourth-order valence-electron chi connectivity index (χ4n) is 2.47. The van der Waals surface area contributed by atoms with Crippen LogP contribution in [0.3, 0.4) is 0 Å². The summed E-state index contributed by atoms with van der Waals surface area (Å²) in [6, 6.07) is 23.3. The number of ether oxygens (including phenoxy) is 2. The average molecular weight is 338 g/mol. The monoisotopic (exact) mass is 338 g/mol. The molecule has 0 unspecified atom stereocenters. The van der Waals surface area contributed by atoms with E-state index in [1.165, 1.54) is 0 Å². The van der Waals surface area contributed by atoms with Crippen molar-refractivity contribution in [1.29, 1.82) is 0 Å². The first kappa shape index (κ1) is 17.2. The van der Waals surface area contributed by atoms with Gasteiger partial charge in [0.2, 0.25) is 0 Å². The predicted molar refractivity (Wildman–Crippen MR) is 104 cm³/mol. The van der Waals surface area contributed by atoms with E-state index in [2.05, 4.69) is 23.7 Å². The fourth-order valence-corrected chi connectivity index (χ4v) is 2.47. The van der Waals surface area contributed by atoms with Crippen LogP contribution in [-0.4, -0.2) is 14.2 Å². The molecule has 0 saturated carbocycles. The molecule has 3 aromatic carbocycles. The van der Waals surface area contributed by atoms with E-state index in [9.17, 15) is 0 Å². The van der Waals surface area contributed by atoms with Crippen molar-refractivity contribution >= 4 is 0 Å². The second-order valence-corrected chi connectivity index (χ2v) is 5.45. The SMILES string of the molecule is COc1ccccc1C#Cc1ccccc1C#Cc1ccccc1OC. The molecule has 0 spiro atoms. The number of hydrogen-bond acceptors (Lipinski definition) is 2. The van der Waals surface area contributed by atoms with Gasteiger partial charge in [0.15, 0.2) is 0 Å². The van der Waals surface area contributed by atoms with Crippen molar-refractivity contribution in [3.63, 3.8) is 0 Å². The molecule has 0 aliphatic carbocycles. The summed E-state index contributed by atoms with van der Waals surface area (Å²) in [6.07, 6.45) is 0. The lowest BCUT2D eigenvalue weighted by atomic mass is 10.1. The van der Waals surface area contributed by atoms with Gasteiger partial charge in [0.1, 0.15) is 11.5 Å². The Bertz CT molecular complexity index is 942. The van der Waals surface area contributed by atoms with Crippen molar-refractivity contribution < 1.29 is 9.47 Å². The van der Waals surface area contributed by atoms with Gasteiger partial charge in [-0.1, -0.05) is 60.1 Å². The van der Waals surface area contributed by atoms with E-state index in [1.807, 2.05) is 72.8 Å². The van der Waals surface area contributed by atoms with E-state index in [-0.39, 0.29) is 0 Å². The molecule has 0 aromatic heterocycles. The summed E-state index contributed by atoms with van der Waals surface area (Å²) in [6.45, 7) is 0. The minimum atomic E-state index is 0.762. The van der Waals surface area contributed by atoms with Crippen LogP contribution in [0.25, 0.3) is 0 Å². The zero-order chi connectivity index (χ0) is 18.2. The third kappa shape index (κ3) is 4.07. The van der Waals surface area contributed by atoms with Crippen molar-refractivity contribution in [1.82, 2.24) is 0 Å². The number of para-hydroxylation sites is 2. The Kier molecular flexibility index (Phi) is 5.61. The third-order valence-electron chi connectivity index (χ3n) is 3.80. The van der Waals surface area contributed by atoms with E-state index in [0.29, 0.717) is 0 Å². The first-order chi connectivity index (χ1) is 12.8. The standard InChI is InChI=1S/C24H18O2/c1-25-23-13-7-5-11-21(23)17-15-19-9-3-4-10-20(19)16-18-22-12-6-8-14-24(22)26-2/h3-14H,1-2H3. The molecule has 0 saturated heterocycles. The van der Waals surface area contributed by atoms with Gasteiger partial charge in [0.05, 0.1) is 25.3 Å². The topological polar surface area (TPSA) is 18.5 Å². The zero-order valence-electron chi connectivity index (χ0n) is 14.7. The molecule has 0 fully saturated rings. The molecule has 0 aliphatic heterocycles. The Labute approximate surface area is 154 Å². The predicted octanol–water partition coefficient (Wildman–Crippen LogP) is 4.50. The largest absolute Gasteiger partial charge is 0.495 e. The molecule has 0 atom stereocenters. The number of hydrogen-bond donors (Lipinski definition) is 0.